The van der Waals surface area contributed by atoms with Crippen molar-refractivity contribution in [1.82, 2.24) is 0 Å². The first kappa shape index (κ1) is 13.7. The molecule has 0 aromatic rings. The van der Waals surface area contributed by atoms with Gasteiger partial charge in [0.05, 0.1) is 6.61 Å². The van der Waals surface area contributed by atoms with Crippen LogP contribution in [0.2, 0.25) is 0 Å². The second-order valence-electron chi connectivity index (χ2n) is 2.14. The van der Waals surface area contributed by atoms with E-state index < -0.39 is 6.72 Å². The Morgan fingerprint density at radius 3 is 2.00 bits per heavy atom. The average molecular weight is 234 g/mol. The fraction of sp³-hybridized carbons (Fsp3) is 1.00. The van der Waals surface area contributed by atoms with Gasteiger partial charge in [-0.25, -0.2) is 0 Å². The van der Waals surface area contributed by atoms with E-state index in [1.807, 2.05) is 13.8 Å². The molecule has 0 amide bonds. The summed E-state index contributed by atoms with van der Waals surface area (Å²) in [6.07, 6.45) is 0. The van der Waals surface area contributed by atoms with Crippen molar-refractivity contribution in [3.8, 4) is 0 Å². The number of rotatable bonds is 3. The van der Waals surface area contributed by atoms with Crippen LogP contribution in [0.3, 0.4) is 0 Å². The normalized spacial score (nSPS) is 11.3. The van der Waals surface area contributed by atoms with Gasteiger partial charge < -0.3 is 14.3 Å². The van der Waals surface area contributed by atoms with E-state index in [1.165, 1.54) is 0 Å². The summed E-state index contributed by atoms with van der Waals surface area (Å²) in [4.78, 5) is 20.3. The van der Waals surface area contributed by atoms with Crippen molar-refractivity contribution in [2.24, 2.45) is 5.92 Å². The molecule has 10 heavy (non-hydrogen) atoms. The Hall–Kier alpha value is 1.15. The summed E-state index contributed by atoms with van der Waals surface area (Å²) in [7, 11) is 0. The molecule has 0 atom stereocenters. The van der Waals surface area contributed by atoms with Crippen molar-refractivity contribution in [2.45, 2.75) is 13.8 Å². The zero-order chi connectivity index (χ0) is 7.49. The molecule has 0 saturated heterocycles. The van der Waals surface area contributed by atoms with E-state index in [2.05, 4.69) is 16.3 Å². The summed E-state index contributed by atoms with van der Waals surface area (Å²) in [6, 6.07) is 0. The van der Waals surface area contributed by atoms with Crippen LogP contribution in [-0.4, -0.2) is 6.61 Å². The van der Waals surface area contributed by atoms with Gasteiger partial charge in [-0.3, -0.25) is 0 Å². The van der Waals surface area contributed by atoms with Gasteiger partial charge in [0.25, 0.3) is 0 Å². The van der Waals surface area contributed by atoms with Crippen molar-refractivity contribution < 1.29 is 33.8 Å². The van der Waals surface area contributed by atoms with Gasteiger partial charge in [0.15, 0.2) is 0 Å². The van der Waals surface area contributed by atoms with Gasteiger partial charge in [-0.1, -0.05) is 20.6 Å². The monoisotopic (exact) mass is 232 g/mol. The Kier molecular flexibility index (Phi) is 7.90. The predicted molar refractivity (Wildman–Crippen MR) is 35.1 cm³/mol. The topological polar surface area (TPSA) is 55.3 Å². The minimum atomic E-state index is -3.89. The third kappa shape index (κ3) is 11.9. The molecule has 0 rings (SSSR count). The maximum Gasteiger partial charge on any atom is 2.00 e. The minimum Gasteiger partial charge on any atom is -0.812 e. The fourth-order valence-electron chi connectivity index (χ4n) is 0.240. The van der Waals surface area contributed by atoms with Gasteiger partial charge in [-0.2, -0.15) is 0 Å². The van der Waals surface area contributed by atoms with Crippen molar-refractivity contribution in [3.05, 3.63) is 0 Å². The Balaban J connectivity index is 0. The molecule has 0 bridgehead atoms. The van der Waals surface area contributed by atoms with Crippen LogP contribution in [0.4, 0.5) is 0 Å². The van der Waals surface area contributed by atoms with E-state index in [0.29, 0.717) is 0 Å². The van der Waals surface area contributed by atoms with Crippen molar-refractivity contribution in [2.75, 3.05) is 6.61 Å². The van der Waals surface area contributed by atoms with Crippen LogP contribution < -0.4 is 9.79 Å². The Bertz CT molecular complexity index is 124. The standard InChI is InChI=1S/C4H11O3PS.Zn/c1-4(2)3-7-8(5,6)9;/h4H,3H2,1-2H3,(H2,5,6,9);/q;+2/p-2. The first-order valence-corrected chi connectivity index (χ1v) is 5.14. The second kappa shape index (κ2) is 5.76. The number of hydrogen-bond acceptors (Lipinski definition) is 4. The molecule has 0 fully saturated rings. The van der Waals surface area contributed by atoms with Crippen LogP contribution in [0.1, 0.15) is 13.8 Å². The summed E-state index contributed by atoms with van der Waals surface area (Å²) in [5.74, 6) is 0.204. The largest absolute Gasteiger partial charge is 2.00 e. The minimum absolute atomic E-state index is 0. The van der Waals surface area contributed by atoms with Gasteiger partial charge >= 0.3 is 19.5 Å². The fourth-order valence-corrected chi connectivity index (χ4v) is 0.904. The van der Waals surface area contributed by atoms with Gasteiger partial charge in [-0.05, 0) is 5.92 Å². The first-order valence-electron chi connectivity index (χ1n) is 2.58. The molecular formula is C4H9O3PSZn. The predicted octanol–water partition coefficient (Wildman–Crippen LogP) is -0.398. The maximum absolute atomic E-state index is 10.2. The molecule has 0 heterocycles. The third-order valence-electron chi connectivity index (χ3n) is 0.566. The quantitative estimate of drug-likeness (QED) is 0.492. The van der Waals surface area contributed by atoms with E-state index in [1.54, 1.807) is 0 Å². The SMILES string of the molecule is CC(C)COP([O-])([O-])=S.[Zn+2]. The molecular weight excluding hydrogens is 224 g/mol. The average Bonchev–Trinajstić information content (AvgIpc) is 1.59. The molecule has 0 saturated carbocycles. The summed E-state index contributed by atoms with van der Waals surface area (Å²) in [5, 5.41) is 0. The molecule has 0 aliphatic rings. The zero-order valence-electron chi connectivity index (χ0n) is 6.07. The molecule has 56 valence electrons. The molecule has 0 aliphatic heterocycles. The van der Waals surface area contributed by atoms with Gasteiger partial charge in [0.1, 0.15) is 0 Å². The van der Waals surface area contributed by atoms with E-state index in [4.69, 9.17) is 0 Å². The van der Waals surface area contributed by atoms with Crippen molar-refractivity contribution in [1.29, 1.82) is 0 Å². The Morgan fingerprint density at radius 1 is 1.50 bits per heavy atom. The summed E-state index contributed by atoms with van der Waals surface area (Å²) in [6.45, 7) is 0.00289. The summed E-state index contributed by atoms with van der Waals surface area (Å²) < 4.78 is 4.31. The summed E-state index contributed by atoms with van der Waals surface area (Å²) >= 11 is 3.98. The summed E-state index contributed by atoms with van der Waals surface area (Å²) in [5.41, 5.74) is 0. The van der Waals surface area contributed by atoms with E-state index in [-0.39, 0.29) is 32.0 Å². The van der Waals surface area contributed by atoms with Crippen LogP contribution in [0, 0.1) is 5.92 Å². The molecule has 0 N–H and O–H groups in total. The molecule has 0 aromatic heterocycles. The van der Waals surface area contributed by atoms with Crippen LogP contribution in [0.25, 0.3) is 0 Å². The number of hydrogen-bond donors (Lipinski definition) is 0. The Morgan fingerprint density at radius 2 is 1.90 bits per heavy atom. The van der Waals surface area contributed by atoms with E-state index >= 15 is 0 Å². The van der Waals surface area contributed by atoms with E-state index in [0.717, 1.165) is 0 Å². The second-order valence-corrected chi connectivity index (χ2v) is 4.63. The Labute approximate surface area is 78.8 Å². The zero-order valence-corrected chi connectivity index (χ0v) is 10.7. The molecule has 0 aliphatic carbocycles. The van der Waals surface area contributed by atoms with Crippen molar-refractivity contribution in [3.63, 3.8) is 0 Å². The van der Waals surface area contributed by atoms with Crippen LogP contribution in [0.15, 0.2) is 0 Å². The van der Waals surface area contributed by atoms with Crippen LogP contribution >= 0.6 is 6.72 Å². The van der Waals surface area contributed by atoms with Gasteiger partial charge in [0, 0.05) is 0 Å². The molecule has 6 heteroatoms. The molecule has 0 radical (unpaired) electrons. The van der Waals surface area contributed by atoms with Crippen LogP contribution in [0.5, 0.6) is 0 Å². The van der Waals surface area contributed by atoms with Crippen LogP contribution in [-0.2, 0) is 35.8 Å². The van der Waals surface area contributed by atoms with Crippen molar-refractivity contribution >= 4 is 18.5 Å². The molecule has 3 nitrogen and oxygen atoms in total. The van der Waals surface area contributed by atoms with Gasteiger partial charge in [0.2, 0.25) is 0 Å². The first-order chi connectivity index (χ1) is 3.92. The molecule has 0 aromatic carbocycles. The smallest absolute Gasteiger partial charge is 0.812 e. The maximum atomic E-state index is 10.2. The molecule has 0 unspecified atom stereocenters. The van der Waals surface area contributed by atoms with Gasteiger partial charge in [-0.15, -0.1) is 11.8 Å². The molecule has 0 spiro atoms. The third-order valence-corrected chi connectivity index (χ3v) is 1.35. The van der Waals surface area contributed by atoms with E-state index in [9.17, 15) is 9.79 Å².